The van der Waals surface area contributed by atoms with Gasteiger partial charge in [-0.2, -0.15) is 0 Å². The van der Waals surface area contributed by atoms with Crippen molar-refractivity contribution in [2.45, 2.75) is 39.3 Å². The fourth-order valence-electron chi connectivity index (χ4n) is 5.81. The topological polar surface area (TPSA) is 64.1 Å². The van der Waals surface area contributed by atoms with E-state index in [9.17, 15) is 4.79 Å². The first-order valence-electron chi connectivity index (χ1n) is 17.6. The number of ether oxygens (including phenoxy) is 3. The number of pyridine rings is 1. The zero-order chi connectivity index (χ0) is 36.3. The number of benzene rings is 4. The van der Waals surface area contributed by atoms with Gasteiger partial charge in [-0.1, -0.05) is 97.7 Å². The minimum atomic E-state index is -0.0143. The molecule has 1 amide bonds. The van der Waals surface area contributed by atoms with Crippen LogP contribution >= 0.6 is 23.2 Å². The van der Waals surface area contributed by atoms with E-state index >= 15 is 0 Å². The minimum absolute atomic E-state index is 0.0143. The first-order chi connectivity index (χ1) is 25.3. The summed E-state index contributed by atoms with van der Waals surface area (Å²) in [6, 6.07) is 33.6. The fourth-order valence-corrected chi connectivity index (χ4v) is 6.23. The Labute approximate surface area is 316 Å². The van der Waals surface area contributed by atoms with Gasteiger partial charge in [0.05, 0.1) is 17.8 Å². The molecular formula is C43H43Cl2N3O4. The van der Waals surface area contributed by atoms with Gasteiger partial charge in [0, 0.05) is 61.9 Å². The number of hydrogen-bond donors (Lipinski definition) is 0. The molecule has 0 atom stereocenters. The Kier molecular flexibility index (Phi) is 12.9. The standard InChI is InChI=1S/C43H43Cl2N3O4/c1-31(2)35-13-15-37(16-14-35)50-26-21-32-7-9-34(10-8-32)29-47-22-24-48(25-23-47)43(49)20-12-33-11-18-41(40(45)27-33)52-42-19-17-38(28-46-42)51-30-36-5-3-4-6-39(36)44/h3-20,27-28,31H,21-26,29-30H2,1-2H3/b20-12+. The highest BCUT2D eigenvalue weighted by atomic mass is 35.5. The highest BCUT2D eigenvalue weighted by Gasteiger charge is 2.20. The highest BCUT2D eigenvalue weighted by molar-refractivity contribution is 6.32. The molecule has 1 aliphatic heterocycles. The molecule has 1 aliphatic rings. The SMILES string of the molecule is CC(C)c1ccc(OCCc2ccc(CN3CCN(C(=O)/C=C/c4ccc(Oc5ccc(OCc6ccccc6Cl)cn5)c(Cl)c4)CC3)cc2)cc1. The van der Waals surface area contributed by atoms with Crippen molar-refractivity contribution in [2.24, 2.45) is 0 Å². The number of hydrogen-bond acceptors (Lipinski definition) is 6. The second-order valence-corrected chi connectivity index (χ2v) is 13.9. The fraction of sp³-hybridized carbons (Fsp3) is 0.256. The van der Waals surface area contributed by atoms with Crippen molar-refractivity contribution < 1.29 is 19.0 Å². The summed E-state index contributed by atoms with van der Waals surface area (Å²) in [6.07, 6.45) is 5.84. The number of carbonyl (C=O) groups is 1. The number of nitrogens with zero attached hydrogens (tertiary/aromatic N) is 3. The number of amides is 1. The molecule has 0 saturated carbocycles. The Morgan fingerprint density at radius 1 is 0.808 bits per heavy atom. The Bertz CT molecular complexity index is 1940. The number of piperazine rings is 1. The molecule has 4 aromatic carbocycles. The van der Waals surface area contributed by atoms with Crippen LogP contribution in [0.3, 0.4) is 0 Å². The molecule has 2 heterocycles. The summed E-state index contributed by atoms with van der Waals surface area (Å²) in [5, 5.41) is 1.07. The second-order valence-electron chi connectivity index (χ2n) is 13.1. The van der Waals surface area contributed by atoms with Crippen LogP contribution in [0, 0.1) is 0 Å². The summed E-state index contributed by atoms with van der Waals surface area (Å²) < 4.78 is 17.6. The predicted octanol–water partition coefficient (Wildman–Crippen LogP) is 9.86. The van der Waals surface area contributed by atoms with E-state index < -0.39 is 0 Å². The smallest absolute Gasteiger partial charge is 0.246 e. The van der Waals surface area contributed by atoms with E-state index in [1.807, 2.05) is 35.2 Å². The molecule has 0 spiro atoms. The molecule has 5 aromatic rings. The van der Waals surface area contributed by atoms with E-state index in [2.05, 4.69) is 72.3 Å². The Morgan fingerprint density at radius 3 is 2.23 bits per heavy atom. The molecule has 0 aliphatic carbocycles. The molecule has 52 heavy (non-hydrogen) atoms. The maximum Gasteiger partial charge on any atom is 0.246 e. The molecule has 0 unspecified atom stereocenters. The maximum absolute atomic E-state index is 13.0. The van der Waals surface area contributed by atoms with Crippen molar-refractivity contribution in [1.29, 1.82) is 0 Å². The van der Waals surface area contributed by atoms with Crippen LogP contribution < -0.4 is 14.2 Å². The average molecular weight is 737 g/mol. The Hall–Kier alpha value is -4.82. The van der Waals surface area contributed by atoms with E-state index in [4.69, 9.17) is 37.4 Å². The van der Waals surface area contributed by atoms with E-state index in [1.54, 1.807) is 42.6 Å². The van der Waals surface area contributed by atoms with Gasteiger partial charge in [0.2, 0.25) is 11.8 Å². The van der Waals surface area contributed by atoms with Crippen LogP contribution in [0.1, 0.15) is 47.6 Å². The van der Waals surface area contributed by atoms with Gasteiger partial charge >= 0.3 is 0 Å². The van der Waals surface area contributed by atoms with Gasteiger partial charge in [0.25, 0.3) is 0 Å². The summed E-state index contributed by atoms with van der Waals surface area (Å²) >= 11 is 12.7. The van der Waals surface area contributed by atoms with Gasteiger partial charge in [0.1, 0.15) is 23.9 Å². The van der Waals surface area contributed by atoms with E-state index in [0.717, 1.165) is 42.9 Å². The Balaban J connectivity index is 0.905. The first kappa shape index (κ1) is 37.0. The van der Waals surface area contributed by atoms with E-state index in [-0.39, 0.29) is 5.91 Å². The minimum Gasteiger partial charge on any atom is -0.493 e. The lowest BCUT2D eigenvalue weighted by molar-refractivity contribution is -0.127. The molecule has 0 radical (unpaired) electrons. The predicted molar refractivity (Wildman–Crippen MR) is 209 cm³/mol. The molecule has 9 heteroatoms. The quantitative estimate of drug-likeness (QED) is 0.106. The van der Waals surface area contributed by atoms with Crippen molar-refractivity contribution in [3.63, 3.8) is 0 Å². The van der Waals surface area contributed by atoms with Crippen LogP contribution in [0.4, 0.5) is 0 Å². The lowest BCUT2D eigenvalue weighted by Crippen LogP contribution is -2.47. The van der Waals surface area contributed by atoms with Crippen LogP contribution in [-0.2, 0) is 24.4 Å². The molecule has 7 nitrogen and oxygen atoms in total. The number of rotatable bonds is 14. The third-order valence-corrected chi connectivity index (χ3v) is 9.63. The van der Waals surface area contributed by atoms with Gasteiger partial charge < -0.3 is 19.1 Å². The molecule has 6 rings (SSSR count). The van der Waals surface area contributed by atoms with Crippen molar-refractivity contribution in [3.05, 3.63) is 153 Å². The molecule has 1 saturated heterocycles. The van der Waals surface area contributed by atoms with Gasteiger partial charge in [-0.3, -0.25) is 9.69 Å². The Morgan fingerprint density at radius 2 is 1.54 bits per heavy atom. The number of halogens is 2. The van der Waals surface area contributed by atoms with Crippen LogP contribution in [0.5, 0.6) is 23.1 Å². The monoisotopic (exact) mass is 735 g/mol. The molecular weight excluding hydrogens is 693 g/mol. The van der Waals surface area contributed by atoms with E-state index in [0.29, 0.717) is 59.6 Å². The molecule has 0 bridgehead atoms. The summed E-state index contributed by atoms with van der Waals surface area (Å²) in [6.45, 7) is 9.25. The van der Waals surface area contributed by atoms with Crippen LogP contribution in [0.15, 0.2) is 115 Å². The summed E-state index contributed by atoms with van der Waals surface area (Å²) in [5.41, 5.74) is 5.54. The third kappa shape index (κ3) is 10.6. The second kappa shape index (κ2) is 18.1. The van der Waals surface area contributed by atoms with Crippen molar-refractivity contribution in [2.75, 3.05) is 32.8 Å². The normalized spacial score (nSPS) is 13.4. The maximum atomic E-state index is 13.0. The van der Waals surface area contributed by atoms with Gasteiger partial charge in [0.15, 0.2) is 0 Å². The van der Waals surface area contributed by atoms with Crippen molar-refractivity contribution in [3.8, 4) is 23.1 Å². The summed E-state index contributed by atoms with van der Waals surface area (Å²) in [5.74, 6) is 2.85. The third-order valence-electron chi connectivity index (χ3n) is 8.97. The molecule has 0 N–H and O–H groups in total. The van der Waals surface area contributed by atoms with Gasteiger partial charge in [-0.05, 0) is 70.6 Å². The average Bonchev–Trinajstić information content (AvgIpc) is 3.16. The van der Waals surface area contributed by atoms with Crippen LogP contribution in [0.2, 0.25) is 10.0 Å². The zero-order valence-corrected chi connectivity index (χ0v) is 31.0. The largest absolute Gasteiger partial charge is 0.493 e. The van der Waals surface area contributed by atoms with Crippen LogP contribution in [0.25, 0.3) is 6.08 Å². The van der Waals surface area contributed by atoms with E-state index in [1.165, 1.54) is 16.7 Å². The van der Waals surface area contributed by atoms with Gasteiger partial charge in [-0.25, -0.2) is 4.98 Å². The molecule has 1 aromatic heterocycles. The summed E-state index contributed by atoms with van der Waals surface area (Å²) in [4.78, 5) is 21.6. The molecule has 268 valence electrons. The highest BCUT2D eigenvalue weighted by Crippen LogP contribution is 2.30. The zero-order valence-electron chi connectivity index (χ0n) is 29.5. The number of aromatic nitrogens is 1. The lowest BCUT2D eigenvalue weighted by Gasteiger charge is -2.34. The van der Waals surface area contributed by atoms with Crippen molar-refractivity contribution >= 4 is 35.2 Å². The summed E-state index contributed by atoms with van der Waals surface area (Å²) in [7, 11) is 0. The number of carbonyl (C=O) groups excluding carboxylic acids is 1. The van der Waals surface area contributed by atoms with Crippen LogP contribution in [-0.4, -0.2) is 53.5 Å². The molecule has 1 fully saturated rings. The van der Waals surface area contributed by atoms with Crippen molar-refractivity contribution in [1.82, 2.24) is 14.8 Å². The van der Waals surface area contributed by atoms with Gasteiger partial charge in [-0.15, -0.1) is 0 Å². The first-order valence-corrected chi connectivity index (χ1v) is 18.3. The lowest BCUT2D eigenvalue weighted by atomic mass is 10.0.